The maximum Gasteiger partial charge on any atom is 0.323 e. The summed E-state index contributed by atoms with van der Waals surface area (Å²) in [6.45, 7) is -0.363. The number of nitrogens with one attached hydrogen (secondary N) is 1. The van der Waals surface area contributed by atoms with Crippen LogP contribution in [0.1, 0.15) is 27.2 Å². The highest BCUT2D eigenvalue weighted by Gasteiger charge is 2.63. The van der Waals surface area contributed by atoms with E-state index in [1.165, 1.54) is 19.1 Å². The summed E-state index contributed by atoms with van der Waals surface area (Å²) in [5.41, 5.74) is -2.97. The number of benzene rings is 1. The molecule has 1 amide bonds. The Kier molecular flexibility index (Phi) is 9.71. The Balaban J connectivity index is 1.87. The number of aliphatic hydroxyl groups excluding tert-OH is 1. The highest BCUT2D eigenvalue weighted by atomic mass is 32.5. The molecule has 0 aliphatic carbocycles. The van der Waals surface area contributed by atoms with Crippen LogP contribution >= 0.6 is 6.64 Å². The summed E-state index contributed by atoms with van der Waals surface area (Å²) in [4.78, 5) is 36.7. The minimum absolute atomic E-state index is 0.182. The van der Waals surface area contributed by atoms with Gasteiger partial charge in [-0.15, -0.1) is 0 Å². The van der Waals surface area contributed by atoms with E-state index in [2.05, 4.69) is 5.09 Å². The molecule has 6 atom stereocenters. The van der Waals surface area contributed by atoms with E-state index >= 15 is 4.39 Å². The summed E-state index contributed by atoms with van der Waals surface area (Å²) in [5.74, 6) is -1.98. The van der Waals surface area contributed by atoms with Gasteiger partial charge in [0.05, 0.1) is 19.1 Å². The second-order valence-corrected chi connectivity index (χ2v) is 12.1. The molecule has 0 bridgehead atoms. The summed E-state index contributed by atoms with van der Waals surface area (Å²) >= 11 is 5.48. The lowest BCUT2D eigenvalue weighted by Crippen LogP contribution is -2.52. The van der Waals surface area contributed by atoms with E-state index in [4.69, 9.17) is 30.3 Å². The molecule has 3 rings (SSSR count). The van der Waals surface area contributed by atoms with Crippen LogP contribution in [-0.4, -0.2) is 76.9 Å². The van der Waals surface area contributed by atoms with Crippen molar-refractivity contribution in [1.82, 2.24) is 9.99 Å². The first-order valence-electron chi connectivity index (χ1n) is 11.6. The number of ether oxygens (including phenoxy) is 2. The zero-order valence-corrected chi connectivity index (χ0v) is 22.4. The average molecular weight is 581 g/mol. The van der Waals surface area contributed by atoms with Gasteiger partial charge in [0.2, 0.25) is 5.91 Å². The predicted molar refractivity (Wildman–Crippen MR) is 131 cm³/mol. The molecule has 1 saturated heterocycles. The van der Waals surface area contributed by atoms with E-state index in [0.717, 1.165) is 12.3 Å². The van der Waals surface area contributed by atoms with E-state index in [1.807, 2.05) is 0 Å². The molecule has 38 heavy (non-hydrogen) atoms. The fourth-order valence-corrected chi connectivity index (χ4v) is 6.07. The molecule has 1 aromatic carbocycles. The van der Waals surface area contributed by atoms with E-state index in [-0.39, 0.29) is 5.75 Å². The molecule has 0 saturated carbocycles. The molecule has 0 aromatic heterocycles. The van der Waals surface area contributed by atoms with Gasteiger partial charge in [0.1, 0.15) is 17.9 Å². The number of rotatable bonds is 11. The molecule has 2 N–H and O–H groups in total. The first kappa shape index (κ1) is 30.2. The number of aliphatic hydroxyl groups is 1. The van der Waals surface area contributed by atoms with Crippen LogP contribution < -0.4 is 9.61 Å². The van der Waals surface area contributed by atoms with Crippen molar-refractivity contribution in [2.45, 2.75) is 69.9 Å². The molecule has 1 unspecified atom stereocenters. The summed E-state index contributed by atoms with van der Waals surface area (Å²) in [6, 6.07) is 6.84. The molecule has 0 spiro atoms. The first-order valence-corrected chi connectivity index (χ1v) is 14.2. The maximum absolute atomic E-state index is 15.1. The minimum atomic E-state index is -3.85. The second-order valence-electron chi connectivity index (χ2n) is 8.92. The molecule has 2 aliphatic heterocycles. The van der Waals surface area contributed by atoms with E-state index in [9.17, 15) is 28.3 Å². The molecule has 15 heteroatoms. The van der Waals surface area contributed by atoms with Crippen molar-refractivity contribution >= 4 is 36.1 Å². The topological polar surface area (TPSA) is 124 Å². The second kappa shape index (κ2) is 12.2. The lowest BCUT2D eigenvalue weighted by Gasteiger charge is -2.34. The van der Waals surface area contributed by atoms with E-state index < -0.39 is 80.0 Å². The predicted octanol–water partition coefficient (Wildman–Crippen LogP) is 2.61. The van der Waals surface area contributed by atoms with Gasteiger partial charge in [-0.25, -0.2) is 18.3 Å². The highest BCUT2D eigenvalue weighted by Crippen LogP contribution is 2.49. The number of halogens is 3. The first-order chi connectivity index (χ1) is 17.8. The van der Waals surface area contributed by atoms with Gasteiger partial charge in [0.15, 0.2) is 23.8 Å². The third-order valence-electron chi connectivity index (χ3n) is 5.58. The molecular formula is C23H28F3N2O8PS. The number of amides is 1. The number of nitrogens with zero attached hydrogens (tertiary/aromatic N) is 1. The van der Waals surface area contributed by atoms with Gasteiger partial charge in [-0.05, 0) is 50.8 Å². The molecule has 210 valence electrons. The Hall–Kier alpha value is -2.35. The van der Waals surface area contributed by atoms with Crippen LogP contribution in [-0.2, 0) is 40.2 Å². The molecular weight excluding hydrogens is 552 g/mol. The van der Waals surface area contributed by atoms with Gasteiger partial charge in [0.25, 0.3) is 6.43 Å². The van der Waals surface area contributed by atoms with E-state index in [1.54, 1.807) is 32.0 Å². The van der Waals surface area contributed by atoms with Crippen molar-refractivity contribution in [3.05, 3.63) is 42.6 Å². The third kappa shape index (κ3) is 6.80. The lowest BCUT2D eigenvalue weighted by molar-refractivity contribution is -0.199. The van der Waals surface area contributed by atoms with Gasteiger partial charge in [0, 0.05) is 6.20 Å². The van der Waals surface area contributed by atoms with Crippen molar-refractivity contribution < 1.29 is 51.2 Å². The van der Waals surface area contributed by atoms with Crippen LogP contribution in [0, 0.1) is 0 Å². The smallest absolute Gasteiger partial charge is 0.323 e. The summed E-state index contributed by atoms with van der Waals surface area (Å²) < 4.78 is 65.6. The monoisotopic (exact) mass is 580 g/mol. The normalized spacial score (nSPS) is 28.0. The number of carbonyl (C=O) groups excluding carboxylic acids is 3. The van der Waals surface area contributed by atoms with Gasteiger partial charge in [-0.2, -0.15) is 0 Å². The van der Waals surface area contributed by atoms with Crippen LogP contribution in [0.3, 0.4) is 0 Å². The summed E-state index contributed by atoms with van der Waals surface area (Å²) in [5, 5.41) is 13.2. The van der Waals surface area contributed by atoms with Crippen molar-refractivity contribution in [2.75, 3.05) is 6.61 Å². The molecule has 0 radical (unpaired) electrons. The fraction of sp³-hybridized carbons (Fsp3) is 0.522. The van der Waals surface area contributed by atoms with Gasteiger partial charge < -0.3 is 23.6 Å². The number of para-hydroxylation sites is 1. The molecule has 2 heterocycles. The lowest BCUT2D eigenvalue weighted by atomic mass is 9.97. The minimum Gasteiger partial charge on any atom is -0.462 e. The number of hydrogen-bond donors (Lipinski definition) is 2. The Morgan fingerprint density at radius 1 is 1.29 bits per heavy atom. The Morgan fingerprint density at radius 3 is 2.53 bits per heavy atom. The molecule has 1 aromatic rings. The van der Waals surface area contributed by atoms with Crippen LogP contribution in [0.5, 0.6) is 5.75 Å². The summed E-state index contributed by atoms with van der Waals surface area (Å²) in [6.07, 6.45) is -9.58. The van der Waals surface area contributed by atoms with Gasteiger partial charge >= 0.3 is 12.6 Å². The number of alkyl halides is 3. The van der Waals surface area contributed by atoms with Crippen molar-refractivity contribution in [3.8, 4) is 5.75 Å². The largest absolute Gasteiger partial charge is 0.462 e. The Morgan fingerprint density at radius 2 is 1.95 bits per heavy atom. The van der Waals surface area contributed by atoms with Crippen LogP contribution in [0.15, 0.2) is 42.6 Å². The van der Waals surface area contributed by atoms with Gasteiger partial charge in [-0.1, -0.05) is 18.2 Å². The van der Waals surface area contributed by atoms with Crippen LogP contribution in [0.4, 0.5) is 13.2 Å². The maximum atomic E-state index is 15.1. The quantitative estimate of drug-likeness (QED) is 0.229. The van der Waals surface area contributed by atoms with Crippen LogP contribution in [0.25, 0.3) is 0 Å². The molecule has 2 aliphatic rings. The number of esters is 1. The zero-order chi connectivity index (χ0) is 28.3. The SMILES string of the molecule is CC(C)OC(=O)[C@H](C)NP(=S)(OC[C@@]1(C(F)F)O[C@@H](N2C=CC(=O)CC2=O)[C@@H](F)[C@@H]1O)Oc1ccccc1. The molecule has 1 fully saturated rings. The van der Waals surface area contributed by atoms with Crippen LogP contribution in [0.2, 0.25) is 0 Å². The number of hydrogen-bond acceptors (Lipinski definition) is 9. The standard InChI is InChI=1S/C23H28F3N2O8PS/c1-13(2)34-21(32)14(3)27-37(38,36-16-7-5-4-6-8-16)33-12-23(22(25)26)19(31)18(24)20(35-23)28-10-9-15(29)11-17(28)30/h4-10,13-14,18-20,22,31H,11-12H2,1-3H3,(H,27,38)/t14-,18-,19-,20+,23+,37?/m0/s1. The average Bonchev–Trinajstić information content (AvgIpc) is 3.09. The zero-order valence-electron chi connectivity index (χ0n) is 20.7. The number of carbonyl (C=O) groups is 3. The Labute approximate surface area is 222 Å². The number of ketones is 1. The number of allylic oxidation sites excluding steroid dienone is 1. The molecule has 10 nitrogen and oxygen atoms in total. The fourth-order valence-electron chi connectivity index (χ4n) is 3.65. The third-order valence-corrected chi connectivity index (χ3v) is 8.06. The summed E-state index contributed by atoms with van der Waals surface area (Å²) in [7, 11) is 0. The van der Waals surface area contributed by atoms with Gasteiger partial charge in [-0.3, -0.25) is 19.3 Å². The van der Waals surface area contributed by atoms with Crippen molar-refractivity contribution in [2.24, 2.45) is 0 Å². The Bertz CT molecular complexity index is 1110. The van der Waals surface area contributed by atoms with Crippen molar-refractivity contribution in [3.63, 3.8) is 0 Å². The highest BCUT2D eigenvalue weighted by molar-refractivity contribution is 8.09. The van der Waals surface area contributed by atoms with E-state index in [0.29, 0.717) is 4.90 Å². The van der Waals surface area contributed by atoms with Crippen molar-refractivity contribution in [1.29, 1.82) is 0 Å².